The van der Waals surface area contributed by atoms with Crippen molar-refractivity contribution in [3.8, 4) is 5.88 Å². The fourth-order valence-electron chi connectivity index (χ4n) is 1.84. The molecule has 1 unspecified atom stereocenters. The molecule has 1 aromatic heterocycles. The monoisotopic (exact) mass is 252 g/mol. The Labute approximate surface area is 107 Å². The van der Waals surface area contributed by atoms with Gasteiger partial charge in [0.2, 0.25) is 5.88 Å². The quantitative estimate of drug-likeness (QED) is 0.873. The summed E-state index contributed by atoms with van der Waals surface area (Å²) < 4.78 is 5.68. The third kappa shape index (κ3) is 3.80. The highest BCUT2D eigenvalue weighted by molar-refractivity contribution is 7.99. The van der Waals surface area contributed by atoms with Crippen LogP contribution in [-0.4, -0.2) is 29.1 Å². The average molecular weight is 252 g/mol. The van der Waals surface area contributed by atoms with E-state index in [1.54, 1.807) is 6.20 Å². The highest BCUT2D eigenvalue weighted by atomic mass is 32.2. The SMILES string of the molecule is CC(C)Oc1ncccc1NCC1CCSC1. The van der Waals surface area contributed by atoms with Gasteiger partial charge in [-0.2, -0.15) is 11.8 Å². The van der Waals surface area contributed by atoms with Crippen molar-refractivity contribution in [2.75, 3.05) is 23.4 Å². The molecule has 1 aliphatic heterocycles. The average Bonchev–Trinajstić information content (AvgIpc) is 2.80. The van der Waals surface area contributed by atoms with E-state index in [1.165, 1.54) is 17.9 Å². The molecule has 0 spiro atoms. The number of nitrogens with zero attached hydrogens (tertiary/aromatic N) is 1. The van der Waals surface area contributed by atoms with Crippen LogP contribution in [0.2, 0.25) is 0 Å². The van der Waals surface area contributed by atoms with E-state index in [0.29, 0.717) is 5.88 Å². The van der Waals surface area contributed by atoms with Gasteiger partial charge in [0.05, 0.1) is 11.8 Å². The first-order valence-electron chi connectivity index (χ1n) is 6.19. The summed E-state index contributed by atoms with van der Waals surface area (Å²) in [5, 5.41) is 3.46. The van der Waals surface area contributed by atoms with E-state index in [-0.39, 0.29) is 6.10 Å². The van der Waals surface area contributed by atoms with E-state index in [1.807, 2.05) is 37.7 Å². The molecule has 2 heterocycles. The summed E-state index contributed by atoms with van der Waals surface area (Å²) in [4.78, 5) is 4.27. The fraction of sp³-hybridized carbons (Fsp3) is 0.615. The number of anilines is 1. The molecule has 0 aromatic carbocycles. The first kappa shape index (κ1) is 12.6. The molecule has 1 aromatic rings. The summed E-state index contributed by atoms with van der Waals surface area (Å²) in [5.41, 5.74) is 1.01. The Kier molecular flexibility index (Phi) is 4.54. The summed E-state index contributed by atoms with van der Waals surface area (Å²) >= 11 is 2.05. The van der Waals surface area contributed by atoms with Crippen molar-refractivity contribution in [1.29, 1.82) is 0 Å². The van der Waals surface area contributed by atoms with Gasteiger partial charge in [0.1, 0.15) is 0 Å². The van der Waals surface area contributed by atoms with Crippen LogP contribution >= 0.6 is 11.8 Å². The van der Waals surface area contributed by atoms with Crippen LogP contribution in [0.15, 0.2) is 18.3 Å². The van der Waals surface area contributed by atoms with E-state index in [9.17, 15) is 0 Å². The van der Waals surface area contributed by atoms with Crippen LogP contribution < -0.4 is 10.1 Å². The molecule has 1 N–H and O–H groups in total. The Balaban J connectivity index is 1.94. The summed E-state index contributed by atoms with van der Waals surface area (Å²) in [7, 11) is 0. The number of rotatable bonds is 5. The second-order valence-corrected chi connectivity index (χ2v) is 5.78. The van der Waals surface area contributed by atoms with Crippen molar-refractivity contribution in [3.63, 3.8) is 0 Å². The third-order valence-corrected chi connectivity index (χ3v) is 3.96. The Morgan fingerprint density at radius 2 is 2.47 bits per heavy atom. The molecular weight excluding hydrogens is 232 g/mol. The van der Waals surface area contributed by atoms with Gasteiger partial charge in [-0.25, -0.2) is 4.98 Å². The third-order valence-electron chi connectivity index (χ3n) is 2.72. The van der Waals surface area contributed by atoms with Crippen LogP contribution in [0.1, 0.15) is 20.3 Å². The van der Waals surface area contributed by atoms with Gasteiger partial charge in [-0.15, -0.1) is 0 Å². The first-order chi connectivity index (χ1) is 8.25. The number of thioether (sulfide) groups is 1. The van der Waals surface area contributed by atoms with E-state index >= 15 is 0 Å². The highest BCUT2D eigenvalue weighted by Gasteiger charge is 2.16. The van der Waals surface area contributed by atoms with Crippen LogP contribution in [0.5, 0.6) is 5.88 Å². The Morgan fingerprint density at radius 3 is 3.18 bits per heavy atom. The topological polar surface area (TPSA) is 34.1 Å². The molecule has 94 valence electrons. The lowest BCUT2D eigenvalue weighted by atomic mass is 10.1. The molecule has 0 bridgehead atoms. The number of pyridine rings is 1. The maximum atomic E-state index is 5.68. The van der Waals surface area contributed by atoms with Crippen molar-refractivity contribution in [2.45, 2.75) is 26.4 Å². The van der Waals surface area contributed by atoms with Gasteiger partial charge in [-0.3, -0.25) is 0 Å². The number of hydrogen-bond acceptors (Lipinski definition) is 4. The van der Waals surface area contributed by atoms with Crippen molar-refractivity contribution < 1.29 is 4.74 Å². The smallest absolute Gasteiger partial charge is 0.237 e. The van der Waals surface area contributed by atoms with Gasteiger partial charge in [0.15, 0.2) is 0 Å². The number of aromatic nitrogens is 1. The number of ether oxygens (including phenoxy) is 1. The van der Waals surface area contributed by atoms with Crippen molar-refractivity contribution in [1.82, 2.24) is 4.98 Å². The zero-order chi connectivity index (χ0) is 12.1. The minimum absolute atomic E-state index is 0.160. The maximum Gasteiger partial charge on any atom is 0.237 e. The largest absolute Gasteiger partial charge is 0.473 e. The molecule has 0 saturated carbocycles. The predicted octanol–water partition coefficient (Wildman–Crippen LogP) is 3.03. The molecular formula is C13H20N2OS. The van der Waals surface area contributed by atoms with Crippen molar-refractivity contribution >= 4 is 17.4 Å². The zero-order valence-electron chi connectivity index (χ0n) is 10.5. The number of nitrogens with one attached hydrogen (secondary N) is 1. The van der Waals surface area contributed by atoms with Crippen LogP contribution in [-0.2, 0) is 0 Å². The van der Waals surface area contributed by atoms with E-state index in [2.05, 4.69) is 10.3 Å². The molecule has 0 amide bonds. The molecule has 1 aliphatic rings. The second-order valence-electron chi connectivity index (χ2n) is 4.63. The second kappa shape index (κ2) is 6.15. The molecule has 0 radical (unpaired) electrons. The Morgan fingerprint density at radius 1 is 1.59 bits per heavy atom. The first-order valence-corrected chi connectivity index (χ1v) is 7.34. The molecule has 0 aliphatic carbocycles. The lowest BCUT2D eigenvalue weighted by Crippen LogP contribution is -2.15. The van der Waals surface area contributed by atoms with Crippen molar-refractivity contribution in [3.05, 3.63) is 18.3 Å². The van der Waals surface area contributed by atoms with E-state index < -0.39 is 0 Å². The molecule has 1 atom stereocenters. The van der Waals surface area contributed by atoms with Crippen LogP contribution in [0.3, 0.4) is 0 Å². The Bertz CT molecular complexity index is 351. The normalized spacial score (nSPS) is 19.6. The van der Waals surface area contributed by atoms with Gasteiger partial charge in [0, 0.05) is 12.7 Å². The minimum Gasteiger partial charge on any atom is -0.473 e. The number of hydrogen-bond donors (Lipinski definition) is 1. The van der Waals surface area contributed by atoms with Crippen LogP contribution in [0, 0.1) is 5.92 Å². The summed E-state index contributed by atoms with van der Waals surface area (Å²) in [5.74, 6) is 4.07. The summed E-state index contributed by atoms with van der Waals surface area (Å²) in [6, 6.07) is 3.98. The van der Waals surface area contributed by atoms with Gasteiger partial charge in [0.25, 0.3) is 0 Å². The lowest BCUT2D eigenvalue weighted by molar-refractivity contribution is 0.234. The van der Waals surface area contributed by atoms with Crippen LogP contribution in [0.25, 0.3) is 0 Å². The fourth-order valence-corrected chi connectivity index (χ4v) is 3.13. The van der Waals surface area contributed by atoms with Gasteiger partial charge < -0.3 is 10.1 Å². The molecule has 3 nitrogen and oxygen atoms in total. The summed E-state index contributed by atoms with van der Waals surface area (Å²) in [6.07, 6.45) is 3.25. The Hall–Kier alpha value is -0.900. The zero-order valence-corrected chi connectivity index (χ0v) is 11.3. The van der Waals surface area contributed by atoms with Gasteiger partial charge in [-0.1, -0.05) is 0 Å². The maximum absolute atomic E-state index is 5.68. The predicted molar refractivity (Wildman–Crippen MR) is 73.9 cm³/mol. The van der Waals surface area contributed by atoms with Crippen LogP contribution in [0.4, 0.5) is 5.69 Å². The summed E-state index contributed by atoms with van der Waals surface area (Å²) in [6.45, 7) is 5.06. The molecule has 1 saturated heterocycles. The highest BCUT2D eigenvalue weighted by Crippen LogP contribution is 2.26. The molecule has 4 heteroatoms. The molecule has 2 rings (SSSR count). The van der Waals surface area contributed by atoms with E-state index in [4.69, 9.17) is 4.74 Å². The van der Waals surface area contributed by atoms with Crippen molar-refractivity contribution in [2.24, 2.45) is 5.92 Å². The van der Waals surface area contributed by atoms with Gasteiger partial charge >= 0.3 is 0 Å². The standard InChI is InChI=1S/C13H20N2OS/c1-10(2)16-13-12(4-3-6-14-13)15-8-11-5-7-17-9-11/h3-4,6,10-11,15H,5,7-9H2,1-2H3. The van der Waals surface area contributed by atoms with Gasteiger partial charge in [-0.05, 0) is 49.8 Å². The molecule has 17 heavy (non-hydrogen) atoms. The lowest BCUT2D eigenvalue weighted by Gasteiger charge is -2.16. The molecule has 1 fully saturated rings. The minimum atomic E-state index is 0.160. The van der Waals surface area contributed by atoms with E-state index in [0.717, 1.165) is 18.2 Å².